The molecule has 234 valence electrons. The Morgan fingerprint density at radius 2 is 1.84 bits per heavy atom. The number of aliphatic hydroxyl groups excluding tert-OH is 1. The highest BCUT2D eigenvalue weighted by Crippen LogP contribution is 2.32. The molecular formula is C32H34N6O7. The van der Waals surface area contributed by atoms with Crippen molar-refractivity contribution >= 4 is 17.4 Å². The lowest BCUT2D eigenvalue weighted by molar-refractivity contribution is -0.385. The van der Waals surface area contributed by atoms with E-state index in [4.69, 9.17) is 9.47 Å². The minimum Gasteiger partial charge on any atom is -0.459 e. The monoisotopic (exact) mass is 614 g/mol. The molecule has 2 aromatic carbocycles. The summed E-state index contributed by atoms with van der Waals surface area (Å²) in [4.78, 5) is 41.4. The van der Waals surface area contributed by atoms with E-state index in [0.717, 1.165) is 28.7 Å². The Balaban J connectivity index is 1.33. The molecule has 45 heavy (non-hydrogen) atoms. The van der Waals surface area contributed by atoms with Crippen LogP contribution < -0.4 is 16.2 Å². The number of hydrogen-bond acceptors (Lipinski definition) is 9. The van der Waals surface area contributed by atoms with E-state index in [1.165, 1.54) is 12.1 Å². The third-order valence-electron chi connectivity index (χ3n) is 7.57. The summed E-state index contributed by atoms with van der Waals surface area (Å²) in [6.45, 7) is 2.52. The number of anilines is 1. The van der Waals surface area contributed by atoms with Crippen LogP contribution in [0.3, 0.4) is 0 Å². The van der Waals surface area contributed by atoms with E-state index in [1.807, 2.05) is 68.6 Å². The molecule has 0 fully saturated rings. The van der Waals surface area contributed by atoms with Gasteiger partial charge in [-0.25, -0.2) is 9.67 Å². The van der Waals surface area contributed by atoms with Crippen LogP contribution in [0.5, 0.6) is 0 Å². The van der Waals surface area contributed by atoms with Crippen LogP contribution in [-0.4, -0.2) is 49.7 Å². The molecule has 0 radical (unpaired) electrons. The number of nitrogens with one attached hydrogen (secondary N) is 2. The molecule has 0 bridgehead atoms. The number of allylic oxidation sites excluding steroid dienone is 1. The topological polar surface area (TPSA) is 163 Å². The van der Waals surface area contributed by atoms with E-state index >= 15 is 0 Å². The zero-order valence-corrected chi connectivity index (χ0v) is 24.9. The van der Waals surface area contributed by atoms with E-state index < -0.39 is 23.0 Å². The molecule has 1 amide bonds. The summed E-state index contributed by atoms with van der Waals surface area (Å²) in [6, 6.07) is 19.5. The molecule has 4 aromatic rings. The lowest BCUT2D eigenvalue weighted by Gasteiger charge is -2.29. The summed E-state index contributed by atoms with van der Waals surface area (Å²) in [5.41, 5.74) is 3.35. The fraction of sp³-hybridized carbons (Fsp3) is 0.281. The Morgan fingerprint density at radius 1 is 1.11 bits per heavy atom. The molecule has 13 heteroatoms. The van der Waals surface area contributed by atoms with Crippen molar-refractivity contribution in [3.8, 4) is 5.69 Å². The molecule has 13 nitrogen and oxygen atoms in total. The second-order valence-corrected chi connectivity index (χ2v) is 10.5. The molecule has 2 atom stereocenters. The minimum atomic E-state index is -0.815. The second kappa shape index (κ2) is 14.0. The average molecular weight is 615 g/mol. The average Bonchev–Trinajstić information content (AvgIpc) is 3.29. The zero-order chi connectivity index (χ0) is 31.9. The standard InChI is InChI=1S/C32H34N6O7/c1-21-30(32(41)37(36(21)2)25-6-4-3-5-7-25)24-16-27(45-29(17-24)44-20-23-10-8-22(19-39)9-11-23)31(40)34-15-14-33-28-13-12-26(18-35-28)38(42)43/h3-13,16,18,24,29,39H,14-15,17,19-20H2,1-2H3,(H,33,35)(H,34,40)/t24-,29+/m1/s1. The molecule has 3 heterocycles. The predicted octanol–water partition coefficient (Wildman–Crippen LogP) is 3.44. The highest BCUT2D eigenvalue weighted by Gasteiger charge is 2.33. The summed E-state index contributed by atoms with van der Waals surface area (Å²) in [7, 11) is 1.82. The zero-order valence-electron chi connectivity index (χ0n) is 24.9. The summed E-state index contributed by atoms with van der Waals surface area (Å²) in [5, 5.41) is 26.0. The van der Waals surface area contributed by atoms with E-state index in [2.05, 4.69) is 15.6 Å². The second-order valence-electron chi connectivity index (χ2n) is 10.5. The van der Waals surface area contributed by atoms with Crippen molar-refractivity contribution in [2.75, 3.05) is 18.4 Å². The van der Waals surface area contributed by atoms with Crippen molar-refractivity contribution in [1.29, 1.82) is 0 Å². The Kier molecular flexibility index (Phi) is 9.70. The smallest absolute Gasteiger partial charge is 0.287 e. The van der Waals surface area contributed by atoms with Gasteiger partial charge in [0.2, 0.25) is 6.29 Å². The molecule has 5 rings (SSSR count). The minimum absolute atomic E-state index is 0.0363. The number of carbonyl (C=O) groups is 1. The van der Waals surface area contributed by atoms with Crippen molar-refractivity contribution in [1.82, 2.24) is 19.7 Å². The first-order valence-corrected chi connectivity index (χ1v) is 14.4. The van der Waals surface area contributed by atoms with Crippen molar-refractivity contribution in [3.05, 3.63) is 128 Å². The lowest BCUT2D eigenvalue weighted by Crippen LogP contribution is -2.35. The Hall–Kier alpha value is -5.27. The molecule has 1 aliphatic heterocycles. The van der Waals surface area contributed by atoms with E-state index in [0.29, 0.717) is 24.3 Å². The molecule has 0 saturated heterocycles. The van der Waals surface area contributed by atoms with Gasteiger partial charge in [-0.05, 0) is 42.3 Å². The van der Waals surface area contributed by atoms with Crippen LogP contribution in [0.2, 0.25) is 0 Å². The Labute approximate surface area is 258 Å². The number of aromatic nitrogens is 3. The quantitative estimate of drug-likeness (QED) is 0.123. The van der Waals surface area contributed by atoms with Crippen LogP contribution in [0.1, 0.15) is 34.7 Å². The number of hydrogen-bond donors (Lipinski definition) is 3. The summed E-state index contributed by atoms with van der Waals surface area (Å²) < 4.78 is 15.5. The van der Waals surface area contributed by atoms with Crippen molar-refractivity contribution in [2.24, 2.45) is 7.05 Å². The van der Waals surface area contributed by atoms with Crippen molar-refractivity contribution in [2.45, 2.75) is 38.8 Å². The maximum atomic E-state index is 13.8. The maximum absolute atomic E-state index is 13.8. The van der Waals surface area contributed by atoms with E-state index in [1.54, 1.807) is 15.4 Å². The number of rotatable bonds is 12. The first-order valence-electron chi connectivity index (χ1n) is 14.4. The third kappa shape index (κ3) is 7.28. The SMILES string of the molecule is Cc1c([C@@H]2C=C(C(=O)NCCNc3ccc([N+](=O)[O-])cn3)O[C@H](OCc3ccc(CO)cc3)C2)c(=O)n(-c2ccccc2)n1C. The van der Waals surface area contributed by atoms with Gasteiger partial charge in [-0.2, -0.15) is 0 Å². The van der Waals surface area contributed by atoms with Crippen molar-refractivity contribution < 1.29 is 24.3 Å². The number of carbonyl (C=O) groups excluding carboxylic acids is 1. The first kappa shape index (κ1) is 31.2. The Bertz CT molecular complexity index is 1730. The Morgan fingerprint density at radius 3 is 2.51 bits per heavy atom. The van der Waals surface area contributed by atoms with Crippen LogP contribution >= 0.6 is 0 Å². The van der Waals surface area contributed by atoms with Gasteiger partial charge >= 0.3 is 0 Å². The largest absolute Gasteiger partial charge is 0.459 e. The number of amides is 1. The summed E-state index contributed by atoms with van der Waals surface area (Å²) in [6.07, 6.45) is 2.31. The van der Waals surface area contributed by atoms with Crippen LogP contribution in [0.25, 0.3) is 5.69 Å². The molecule has 0 saturated carbocycles. The number of nitrogens with zero attached hydrogens (tertiary/aromatic N) is 4. The number of ether oxygens (including phenoxy) is 2. The van der Waals surface area contributed by atoms with Crippen molar-refractivity contribution in [3.63, 3.8) is 0 Å². The van der Waals surface area contributed by atoms with Crippen LogP contribution in [-0.2, 0) is 34.5 Å². The normalized spacial score (nSPS) is 16.0. The fourth-order valence-electron chi connectivity index (χ4n) is 5.12. The highest BCUT2D eigenvalue weighted by molar-refractivity contribution is 5.91. The van der Waals surface area contributed by atoms with Gasteiger partial charge in [0, 0.05) is 49.8 Å². The molecule has 0 spiro atoms. The van der Waals surface area contributed by atoms with Gasteiger partial charge in [0.25, 0.3) is 17.2 Å². The van der Waals surface area contributed by atoms with E-state index in [-0.39, 0.29) is 36.8 Å². The van der Waals surface area contributed by atoms with Crippen LogP contribution in [0, 0.1) is 17.0 Å². The van der Waals surface area contributed by atoms with Gasteiger partial charge in [0.15, 0.2) is 5.76 Å². The van der Waals surface area contributed by atoms with Gasteiger partial charge in [0.1, 0.15) is 12.0 Å². The molecule has 1 aliphatic rings. The van der Waals surface area contributed by atoms with Gasteiger partial charge in [0.05, 0.1) is 23.8 Å². The number of pyridine rings is 1. The highest BCUT2D eigenvalue weighted by atomic mass is 16.7. The van der Waals surface area contributed by atoms with Crippen LogP contribution in [0.4, 0.5) is 11.5 Å². The van der Waals surface area contributed by atoms with Crippen LogP contribution in [0.15, 0.2) is 89.6 Å². The summed E-state index contributed by atoms with van der Waals surface area (Å²) >= 11 is 0. The van der Waals surface area contributed by atoms with Gasteiger partial charge < -0.3 is 25.2 Å². The third-order valence-corrected chi connectivity index (χ3v) is 7.57. The molecule has 0 aliphatic carbocycles. The number of aliphatic hydroxyl groups is 1. The fourth-order valence-corrected chi connectivity index (χ4v) is 5.12. The molecule has 3 N–H and O–H groups in total. The maximum Gasteiger partial charge on any atom is 0.287 e. The number of para-hydroxylation sites is 1. The van der Waals surface area contributed by atoms with Gasteiger partial charge in [-0.15, -0.1) is 0 Å². The molecule has 0 unspecified atom stereocenters. The molecular weight excluding hydrogens is 580 g/mol. The summed E-state index contributed by atoms with van der Waals surface area (Å²) in [5.74, 6) is -0.476. The number of benzene rings is 2. The predicted molar refractivity (Wildman–Crippen MR) is 166 cm³/mol. The van der Waals surface area contributed by atoms with Gasteiger partial charge in [-0.1, -0.05) is 42.5 Å². The van der Waals surface area contributed by atoms with Gasteiger partial charge in [-0.3, -0.25) is 24.4 Å². The lowest BCUT2D eigenvalue weighted by atomic mass is 9.93. The number of nitro groups is 1. The molecule has 2 aromatic heterocycles. The van der Waals surface area contributed by atoms with E-state index in [9.17, 15) is 24.8 Å². The first-order chi connectivity index (χ1) is 21.7.